The van der Waals surface area contributed by atoms with Gasteiger partial charge in [0, 0.05) is 5.56 Å². The zero-order valence-electron chi connectivity index (χ0n) is 6.47. The van der Waals surface area contributed by atoms with Gasteiger partial charge in [0.1, 0.15) is 5.82 Å². The first-order valence-electron chi connectivity index (χ1n) is 3.40. The normalized spacial score (nSPS) is 10.8. The highest BCUT2D eigenvalue weighted by Gasteiger charge is 2.16. The van der Waals surface area contributed by atoms with Gasteiger partial charge in [-0.3, -0.25) is 0 Å². The highest BCUT2D eigenvalue weighted by molar-refractivity contribution is 9.10. The Kier molecular flexibility index (Phi) is 3.16. The fourth-order valence-electron chi connectivity index (χ4n) is 0.890. The van der Waals surface area contributed by atoms with Gasteiger partial charge in [-0.1, -0.05) is 0 Å². The Morgan fingerprint density at radius 1 is 1.62 bits per heavy atom. The van der Waals surface area contributed by atoms with Crippen LogP contribution in [0.5, 0.6) is 0 Å². The fraction of sp³-hybridized carbons (Fsp3) is 0.286. The molecule has 3 nitrogen and oxygen atoms in total. The Balaban J connectivity index is 3.27. The molecule has 72 valence electrons. The number of nitrogens with two attached hydrogens (primary N) is 1. The first-order valence-corrected chi connectivity index (χ1v) is 4.19. The molecule has 0 aliphatic rings. The number of pyridine rings is 1. The van der Waals surface area contributed by atoms with Gasteiger partial charge in [-0.05, 0) is 22.0 Å². The second-order valence-electron chi connectivity index (χ2n) is 2.36. The molecule has 0 saturated heterocycles. The monoisotopic (exact) mass is 252 g/mol. The summed E-state index contributed by atoms with van der Waals surface area (Å²) < 4.78 is 24.8. The van der Waals surface area contributed by atoms with Crippen LogP contribution in [0.15, 0.2) is 10.5 Å². The van der Waals surface area contributed by atoms with E-state index in [1.165, 1.54) is 0 Å². The molecule has 0 spiro atoms. The predicted molar refractivity (Wildman–Crippen MR) is 47.2 cm³/mol. The van der Waals surface area contributed by atoms with E-state index in [-0.39, 0.29) is 21.5 Å². The van der Waals surface area contributed by atoms with Gasteiger partial charge in [-0.25, -0.2) is 13.8 Å². The van der Waals surface area contributed by atoms with Crippen LogP contribution in [0.4, 0.5) is 14.6 Å². The molecule has 1 rings (SSSR count). The smallest absolute Gasteiger partial charge is 0.265 e. The van der Waals surface area contributed by atoms with Crippen molar-refractivity contribution in [3.63, 3.8) is 0 Å². The molecule has 0 saturated carbocycles. The van der Waals surface area contributed by atoms with Crippen LogP contribution in [0, 0.1) is 0 Å². The number of hydrogen-bond donors (Lipinski definition) is 2. The Morgan fingerprint density at radius 2 is 2.23 bits per heavy atom. The number of hydrogen-bond acceptors (Lipinski definition) is 3. The maximum Gasteiger partial charge on any atom is 0.265 e. The highest BCUT2D eigenvalue weighted by atomic mass is 79.9. The van der Waals surface area contributed by atoms with E-state index in [2.05, 4.69) is 20.9 Å². The lowest BCUT2D eigenvalue weighted by atomic mass is 10.2. The minimum Gasteiger partial charge on any atom is -0.390 e. The van der Waals surface area contributed by atoms with Crippen LogP contribution >= 0.6 is 15.9 Å². The lowest BCUT2D eigenvalue weighted by Gasteiger charge is -2.07. The molecule has 1 aromatic heterocycles. The van der Waals surface area contributed by atoms with Gasteiger partial charge in [0.25, 0.3) is 6.43 Å². The Hall–Kier alpha value is -0.750. The summed E-state index contributed by atoms with van der Waals surface area (Å²) in [4.78, 5) is 3.68. The highest BCUT2D eigenvalue weighted by Crippen LogP contribution is 2.30. The lowest BCUT2D eigenvalue weighted by Crippen LogP contribution is -2.01. The van der Waals surface area contributed by atoms with Gasteiger partial charge < -0.3 is 10.8 Å². The number of anilines is 1. The molecule has 0 fully saturated rings. The molecule has 1 aromatic rings. The Bertz CT molecular complexity index is 320. The molecular weight excluding hydrogens is 246 g/mol. The molecular formula is C7H7BrF2N2O. The molecule has 0 aliphatic carbocycles. The summed E-state index contributed by atoms with van der Waals surface area (Å²) in [7, 11) is 0. The minimum atomic E-state index is -2.63. The van der Waals surface area contributed by atoms with Gasteiger partial charge in [0.05, 0.1) is 16.8 Å². The number of aromatic nitrogens is 1. The number of rotatable bonds is 2. The molecule has 6 heteroatoms. The van der Waals surface area contributed by atoms with Crippen molar-refractivity contribution in [2.75, 3.05) is 5.73 Å². The second-order valence-corrected chi connectivity index (χ2v) is 3.15. The maximum atomic E-state index is 12.3. The molecule has 3 N–H and O–H groups in total. The third-order valence-corrected chi connectivity index (χ3v) is 2.37. The molecule has 0 aliphatic heterocycles. The van der Waals surface area contributed by atoms with Crippen molar-refractivity contribution in [3.8, 4) is 0 Å². The van der Waals surface area contributed by atoms with E-state index in [1.54, 1.807) is 0 Å². The van der Waals surface area contributed by atoms with Gasteiger partial charge in [0.15, 0.2) is 0 Å². The van der Waals surface area contributed by atoms with E-state index in [0.29, 0.717) is 0 Å². The first kappa shape index (κ1) is 10.3. The van der Waals surface area contributed by atoms with Crippen molar-refractivity contribution in [3.05, 3.63) is 21.8 Å². The summed E-state index contributed by atoms with van der Waals surface area (Å²) in [5.41, 5.74) is 5.13. The van der Waals surface area contributed by atoms with Crippen LogP contribution in [0.3, 0.4) is 0 Å². The number of nitrogen functional groups attached to an aromatic ring is 1. The van der Waals surface area contributed by atoms with E-state index >= 15 is 0 Å². The fourth-order valence-corrected chi connectivity index (χ4v) is 1.39. The Morgan fingerprint density at radius 3 is 2.69 bits per heavy atom. The topological polar surface area (TPSA) is 59.1 Å². The predicted octanol–water partition coefficient (Wildman–Crippen LogP) is 1.86. The molecule has 0 bridgehead atoms. The SMILES string of the molecule is Nc1cc(C(F)F)c(Br)c(CO)n1. The van der Waals surface area contributed by atoms with Gasteiger partial charge in [-0.2, -0.15) is 0 Å². The van der Waals surface area contributed by atoms with Gasteiger partial charge >= 0.3 is 0 Å². The average Bonchev–Trinajstić information content (AvgIpc) is 2.08. The average molecular weight is 253 g/mol. The van der Waals surface area contributed by atoms with E-state index in [4.69, 9.17) is 10.8 Å². The number of halogens is 3. The number of aliphatic hydroxyl groups is 1. The summed E-state index contributed by atoms with van der Waals surface area (Å²) in [6.07, 6.45) is -2.63. The Labute approximate surface area is 81.7 Å². The van der Waals surface area contributed by atoms with Gasteiger partial charge in [0.2, 0.25) is 0 Å². The quantitative estimate of drug-likeness (QED) is 0.845. The molecule has 0 radical (unpaired) electrons. The van der Waals surface area contributed by atoms with Crippen LogP contribution in [-0.4, -0.2) is 10.1 Å². The van der Waals surface area contributed by atoms with Gasteiger partial charge in [-0.15, -0.1) is 0 Å². The third-order valence-electron chi connectivity index (χ3n) is 1.46. The summed E-state index contributed by atoms with van der Waals surface area (Å²) in [5.74, 6) is -0.0254. The standard InChI is InChI=1S/C7H7BrF2N2O/c8-6-3(7(9)10)1-5(11)12-4(6)2-13/h1,7,13H,2H2,(H2,11,12). The number of nitrogens with zero attached hydrogens (tertiary/aromatic N) is 1. The van der Waals surface area contributed by atoms with E-state index < -0.39 is 13.0 Å². The van der Waals surface area contributed by atoms with E-state index in [1.807, 2.05) is 0 Å². The summed E-state index contributed by atoms with van der Waals surface area (Å²) in [6, 6.07) is 1.08. The van der Waals surface area contributed by atoms with Crippen molar-refractivity contribution >= 4 is 21.7 Å². The lowest BCUT2D eigenvalue weighted by molar-refractivity contribution is 0.150. The molecule has 0 amide bonds. The van der Waals surface area contributed by atoms with Crippen molar-refractivity contribution in [1.82, 2.24) is 4.98 Å². The largest absolute Gasteiger partial charge is 0.390 e. The summed E-state index contributed by atoms with van der Waals surface area (Å²) >= 11 is 2.92. The molecule has 13 heavy (non-hydrogen) atoms. The van der Waals surface area contributed by atoms with Crippen molar-refractivity contribution < 1.29 is 13.9 Å². The second kappa shape index (κ2) is 3.97. The maximum absolute atomic E-state index is 12.3. The van der Waals surface area contributed by atoms with Crippen LogP contribution in [-0.2, 0) is 6.61 Å². The first-order chi connectivity index (χ1) is 6.06. The van der Waals surface area contributed by atoms with Crippen molar-refractivity contribution in [2.45, 2.75) is 13.0 Å². The molecule has 1 heterocycles. The molecule has 0 aromatic carbocycles. The minimum absolute atomic E-state index is 0.0254. The molecule has 0 unspecified atom stereocenters. The van der Waals surface area contributed by atoms with Crippen LogP contribution in [0.25, 0.3) is 0 Å². The summed E-state index contributed by atoms with van der Waals surface area (Å²) in [6.45, 7) is -0.425. The number of alkyl halides is 2. The van der Waals surface area contributed by atoms with Crippen LogP contribution in [0.1, 0.15) is 17.7 Å². The van der Waals surface area contributed by atoms with Crippen molar-refractivity contribution in [2.24, 2.45) is 0 Å². The number of aliphatic hydroxyl groups excluding tert-OH is 1. The zero-order chi connectivity index (χ0) is 10.0. The van der Waals surface area contributed by atoms with E-state index in [0.717, 1.165) is 6.07 Å². The van der Waals surface area contributed by atoms with Crippen LogP contribution < -0.4 is 5.73 Å². The third kappa shape index (κ3) is 2.13. The van der Waals surface area contributed by atoms with E-state index in [9.17, 15) is 8.78 Å². The molecule has 0 atom stereocenters. The zero-order valence-corrected chi connectivity index (χ0v) is 8.05. The van der Waals surface area contributed by atoms with Crippen LogP contribution in [0.2, 0.25) is 0 Å². The summed E-state index contributed by atoms with van der Waals surface area (Å²) in [5, 5.41) is 8.76. The van der Waals surface area contributed by atoms with Crippen molar-refractivity contribution in [1.29, 1.82) is 0 Å².